The van der Waals surface area contributed by atoms with E-state index in [1.807, 2.05) is 19.9 Å². The lowest BCUT2D eigenvalue weighted by Gasteiger charge is -2.21. The monoisotopic (exact) mass is 291 g/mol. The van der Waals surface area contributed by atoms with Crippen LogP contribution in [0.15, 0.2) is 18.2 Å². The lowest BCUT2D eigenvalue weighted by Crippen LogP contribution is -2.12. The molecule has 1 aromatic rings. The molecule has 1 saturated carbocycles. The first-order valence-electron chi connectivity index (χ1n) is 8.47. The van der Waals surface area contributed by atoms with Gasteiger partial charge in [-0.05, 0) is 38.3 Å². The van der Waals surface area contributed by atoms with Crippen LogP contribution in [0, 0.1) is 5.92 Å². The van der Waals surface area contributed by atoms with Crippen molar-refractivity contribution >= 4 is 5.69 Å². The fourth-order valence-corrected chi connectivity index (χ4v) is 3.06. The molecule has 1 fully saturated rings. The van der Waals surface area contributed by atoms with Crippen molar-refractivity contribution in [2.24, 2.45) is 5.92 Å². The summed E-state index contributed by atoms with van der Waals surface area (Å²) < 4.78 is 11.3. The Morgan fingerprint density at radius 1 is 1.00 bits per heavy atom. The summed E-state index contributed by atoms with van der Waals surface area (Å²) >= 11 is 0. The summed E-state index contributed by atoms with van der Waals surface area (Å²) in [6.45, 7) is 6.36. The summed E-state index contributed by atoms with van der Waals surface area (Å²) in [4.78, 5) is 0. The Labute approximate surface area is 129 Å². The molecule has 0 aromatic heterocycles. The predicted octanol–water partition coefficient (Wildman–Crippen LogP) is 4.87. The topological polar surface area (TPSA) is 30.5 Å². The SMILES string of the molecule is CCOc1ccc(NCCC2CCCCC2)cc1OCC. The summed E-state index contributed by atoms with van der Waals surface area (Å²) in [5.74, 6) is 2.58. The van der Waals surface area contributed by atoms with Crippen LogP contribution in [0.4, 0.5) is 5.69 Å². The maximum atomic E-state index is 5.66. The highest BCUT2D eigenvalue weighted by Gasteiger charge is 2.13. The number of hydrogen-bond donors (Lipinski definition) is 1. The van der Waals surface area contributed by atoms with E-state index >= 15 is 0 Å². The van der Waals surface area contributed by atoms with Crippen molar-refractivity contribution in [1.29, 1.82) is 0 Å². The van der Waals surface area contributed by atoms with Crippen LogP contribution < -0.4 is 14.8 Å². The van der Waals surface area contributed by atoms with Crippen LogP contribution >= 0.6 is 0 Å². The molecule has 0 saturated heterocycles. The summed E-state index contributed by atoms with van der Waals surface area (Å²) in [6, 6.07) is 6.13. The molecule has 118 valence electrons. The Bertz CT molecular complexity index is 414. The molecule has 1 aliphatic carbocycles. The zero-order valence-corrected chi connectivity index (χ0v) is 13.5. The molecule has 1 aliphatic rings. The molecule has 0 spiro atoms. The van der Waals surface area contributed by atoms with Crippen LogP contribution in [-0.2, 0) is 0 Å². The Kier molecular flexibility index (Phi) is 6.71. The lowest BCUT2D eigenvalue weighted by molar-refractivity contribution is 0.288. The maximum absolute atomic E-state index is 5.66. The van der Waals surface area contributed by atoms with Crippen LogP contribution in [-0.4, -0.2) is 19.8 Å². The van der Waals surface area contributed by atoms with Gasteiger partial charge < -0.3 is 14.8 Å². The molecule has 0 heterocycles. The first-order chi connectivity index (χ1) is 10.3. The standard InChI is InChI=1S/C18H29NO2/c1-3-20-17-11-10-16(14-18(17)21-4-2)19-13-12-15-8-6-5-7-9-15/h10-11,14-15,19H,3-9,12-13H2,1-2H3. The highest BCUT2D eigenvalue weighted by molar-refractivity contribution is 5.54. The van der Waals surface area contributed by atoms with E-state index in [1.165, 1.54) is 38.5 Å². The van der Waals surface area contributed by atoms with E-state index in [0.717, 1.165) is 29.6 Å². The third-order valence-electron chi connectivity index (χ3n) is 4.15. The molecule has 0 atom stereocenters. The van der Waals surface area contributed by atoms with Crippen molar-refractivity contribution in [2.45, 2.75) is 52.4 Å². The molecule has 1 aromatic carbocycles. The Balaban J connectivity index is 1.85. The average Bonchev–Trinajstić information content (AvgIpc) is 2.51. The molecule has 2 rings (SSSR count). The molecule has 0 radical (unpaired) electrons. The third kappa shape index (κ3) is 5.14. The smallest absolute Gasteiger partial charge is 0.163 e. The number of anilines is 1. The van der Waals surface area contributed by atoms with Gasteiger partial charge in [-0.3, -0.25) is 0 Å². The number of benzene rings is 1. The first-order valence-corrected chi connectivity index (χ1v) is 8.47. The molecule has 3 nitrogen and oxygen atoms in total. The minimum atomic E-state index is 0.658. The van der Waals surface area contributed by atoms with Gasteiger partial charge in [0.1, 0.15) is 0 Å². The molecule has 21 heavy (non-hydrogen) atoms. The molecular formula is C18H29NO2. The van der Waals surface area contributed by atoms with Gasteiger partial charge in [-0.15, -0.1) is 0 Å². The van der Waals surface area contributed by atoms with Crippen LogP contribution in [0.5, 0.6) is 11.5 Å². The van der Waals surface area contributed by atoms with Gasteiger partial charge in [-0.1, -0.05) is 32.1 Å². The second kappa shape index (κ2) is 8.81. The molecule has 0 aliphatic heterocycles. The van der Waals surface area contributed by atoms with Gasteiger partial charge in [0.2, 0.25) is 0 Å². The van der Waals surface area contributed by atoms with Gasteiger partial charge in [0, 0.05) is 18.3 Å². The van der Waals surface area contributed by atoms with Gasteiger partial charge in [0.15, 0.2) is 11.5 Å². The van der Waals surface area contributed by atoms with E-state index in [0.29, 0.717) is 13.2 Å². The fourth-order valence-electron chi connectivity index (χ4n) is 3.06. The van der Waals surface area contributed by atoms with Gasteiger partial charge in [-0.25, -0.2) is 0 Å². The van der Waals surface area contributed by atoms with Crippen molar-refractivity contribution in [3.05, 3.63) is 18.2 Å². The van der Waals surface area contributed by atoms with Crippen LogP contribution in [0.2, 0.25) is 0 Å². The zero-order chi connectivity index (χ0) is 14.9. The average molecular weight is 291 g/mol. The Morgan fingerprint density at radius 3 is 2.43 bits per heavy atom. The quantitative estimate of drug-likeness (QED) is 0.741. The Morgan fingerprint density at radius 2 is 1.71 bits per heavy atom. The van der Waals surface area contributed by atoms with Gasteiger partial charge in [0.05, 0.1) is 13.2 Å². The number of nitrogens with one attached hydrogen (secondary N) is 1. The van der Waals surface area contributed by atoms with Gasteiger partial charge in [0.25, 0.3) is 0 Å². The zero-order valence-electron chi connectivity index (χ0n) is 13.5. The van der Waals surface area contributed by atoms with Crippen LogP contribution in [0.3, 0.4) is 0 Å². The second-order valence-corrected chi connectivity index (χ2v) is 5.75. The highest BCUT2D eigenvalue weighted by Crippen LogP contribution is 2.31. The summed E-state index contributed by atoms with van der Waals surface area (Å²) in [5, 5.41) is 3.52. The molecule has 0 amide bonds. The molecular weight excluding hydrogens is 262 g/mol. The fraction of sp³-hybridized carbons (Fsp3) is 0.667. The van der Waals surface area contributed by atoms with Gasteiger partial charge >= 0.3 is 0 Å². The minimum Gasteiger partial charge on any atom is -0.490 e. The minimum absolute atomic E-state index is 0.658. The van der Waals surface area contributed by atoms with E-state index in [2.05, 4.69) is 17.4 Å². The van der Waals surface area contributed by atoms with Crippen molar-refractivity contribution in [2.75, 3.05) is 25.1 Å². The summed E-state index contributed by atoms with van der Waals surface area (Å²) in [7, 11) is 0. The van der Waals surface area contributed by atoms with Crippen molar-refractivity contribution < 1.29 is 9.47 Å². The van der Waals surface area contributed by atoms with Crippen LogP contribution in [0.25, 0.3) is 0 Å². The van der Waals surface area contributed by atoms with E-state index in [4.69, 9.17) is 9.47 Å². The van der Waals surface area contributed by atoms with Crippen molar-refractivity contribution in [1.82, 2.24) is 0 Å². The molecule has 0 bridgehead atoms. The largest absolute Gasteiger partial charge is 0.490 e. The van der Waals surface area contributed by atoms with E-state index in [-0.39, 0.29) is 0 Å². The maximum Gasteiger partial charge on any atom is 0.163 e. The molecule has 3 heteroatoms. The second-order valence-electron chi connectivity index (χ2n) is 5.75. The Hall–Kier alpha value is -1.38. The normalized spacial score (nSPS) is 15.7. The number of rotatable bonds is 8. The molecule has 1 N–H and O–H groups in total. The van der Waals surface area contributed by atoms with Crippen molar-refractivity contribution in [3.8, 4) is 11.5 Å². The number of hydrogen-bond acceptors (Lipinski definition) is 3. The van der Waals surface area contributed by atoms with Crippen LogP contribution in [0.1, 0.15) is 52.4 Å². The number of ether oxygens (including phenoxy) is 2. The van der Waals surface area contributed by atoms with E-state index in [9.17, 15) is 0 Å². The lowest BCUT2D eigenvalue weighted by atomic mass is 9.87. The van der Waals surface area contributed by atoms with E-state index < -0.39 is 0 Å². The van der Waals surface area contributed by atoms with Crippen molar-refractivity contribution in [3.63, 3.8) is 0 Å². The molecule has 0 unspecified atom stereocenters. The summed E-state index contributed by atoms with van der Waals surface area (Å²) in [5.41, 5.74) is 1.12. The van der Waals surface area contributed by atoms with E-state index in [1.54, 1.807) is 0 Å². The predicted molar refractivity (Wildman–Crippen MR) is 88.5 cm³/mol. The first kappa shape index (κ1) is 16.0. The third-order valence-corrected chi connectivity index (χ3v) is 4.15. The summed E-state index contributed by atoms with van der Waals surface area (Å²) in [6.07, 6.45) is 8.37. The van der Waals surface area contributed by atoms with Gasteiger partial charge in [-0.2, -0.15) is 0 Å². The highest BCUT2D eigenvalue weighted by atomic mass is 16.5.